The topological polar surface area (TPSA) is 108 Å². The molecule has 0 bridgehead atoms. The molecule has 0 fully saturated rings. The molecule has 0 aliphatic heterocycles. The summed E-state index contributed by atoms with van der Waals surface area (Å²) in [4.78, 5) is 49.4. The number of carbonyl (C=O) groups is 4. The number of carbonyl (C=O) groups excluding carboxylic acids is 4. The maximum absolute atomic E-state index is 12.9. The van der Waals surface area contributed by atoms with Gasteiger partial charge >= 0.3 is 17.9 Å². The quantitative estimate of drug-likeness (QED) is 0.450. The Labute approximate surface area is 190 Å². The molecule has 0 radical (unpaired) electrons. The highest BCUT2D eigenvalue weighted by Gasteiger charge is 2.24. The summed E-state index contributed by atoms with van der Waals surface area (Å²) >= 11 is 1.52. The highest BCUT2D eigenvalue weighted by molar-refractivity contribution is 7.98. The fourth-order valence-corrected chi connectivity index (χ4v) is 3.30. The van der Waals surface area contributed by atoms with Crippen molar-refractivity contribution in [2.24, 2.45) is 0 Å². The van der Waals surface area contributed by atoms with Gasteiger partial charge < -0.3 is 19.5 Å². The molecule has 1 amide bonds. The number of methoxy groups -OCH3 is 2. The van der Waals surface area contributed by atoms with Gasteiger partial charge in [-0.25, -0.2) is 14.4 Å². The maximum Gasteiger partial charge on any atom is 0.338 e. The maximum atomic E-state index is 12.9. The first-order chi connectivity index (χ1) is 15.3. The van der Waals surface area contributed by atoms with E-state index in [0.717, 1.165) is 5.56 Å². The number of ether oxygens (including phenoxy) is 3. The standard InChI is InChI=1S/C23H25NO7S/c1-14-6-5-7-15(10-14)20(25)24-19(8-9-32-4)23(28)31-18-12-16(21(26)29-2)11-17(13-18)22(27)30-3/h5-7,10-13,19H,8-9H2,1-4H3,(H,24,25). The second-order valence-electron chi connectivity index (χ2n) is 6.83. The molecule has 2 rings (SSSR count). The van der Waals surface area contributed by atoms with Gasteiger partial charge in [-0.3, -0.25) is 4.79 Å². The van der Waals surface area contributed by atoms with E-state index in [1.54, 1.807) is 18.2 Å². The van der Waals surface area contributed by atoms with E-state index in [1.165, 1.54) is 44.2 Å². The Balaban J connectivity index is 2.27. The van der Waals surface area contributed by atoms with Crippen LogP contribution in [0.2, 0.25) is 0 Å². The number of esters is 3. The van der Waals surface area contributed by atoms with Gasteiger partial charge in [0.1, 0.15) is 11.8 Å². The lowest BCUT2D eigenvalue weighted by Crippen LogP contribution is -2.43. The molecule has 0 spiro atoms. The van der Waals surface area contributed by atoms with Crippen LogP contribution in [0.15, 0.2) is 42.5 Å². The van der Waals surface area contributed by atoms with E-state index < -0.39 is 29.9 Å². The third-order valence-electron chi connectivity index (χ3n) is 4.45. The van der Waals surface area contributed by atoms with Crippen molar-refractivity contribution in [2.75, 3.05) is 26.2 Å². The summed E-state index contributed by atoms with van der Waals surface area (Å²) in [6, 6.07) is 9.90. The molecule has 0 saturated carbocycles. The molecular formula is C23H25NO7S. The fraction of sp³-hybridized carbons (Fsp3) is 0.304. The Hall–Kier alpha value is -3.33. The van der Waals surface area contributed by atoms with Crippen molar-refractivity contribution in [3.8, 4) is 5.75 Å². The van der Waals surface area contributed by atoms with Crippen molar-refractivity contribution in [3.05, 3.63) is 64.7 Å². The van der Waals surface area contributed by atoms with Crippen molar-refractivity contribution >= 4 is 35.6 Å². The zero-order valence-electron chi connectivity index (χ0n) is 18.3. The third kappa shape index (κ3) is 6.84. The van der Waals surface area contributed by atoms with Crippen LogP contribution in [0.3, 0.4) is 0 Å². The fourth-order valence-electron chi connectivity index (χ4n) is 2.83. The van der Waals surface area contributed by atoms with Gasteiger partial charge in [0, 0.05) is 5.56 Å². The number of aryl methyl sites for hydroxylation is 1. The molecule has 0 aliphatic rings. The van der Waals surface area contributed by atoms with E-state index in [-0.39, 0.29) is 16.9 Å². The number of nitrogens with one attached hydrogen (secondary N) is 1. The van der Waals surface area contributed by atoms with Crippen molar-refractivity contribution in [1.29, 1.82) is 0 Å². The van der Waals surface area contributed by atoms with Gasteiger partial charge in [0.2, 0.25) is 0 Å². The minimum Gasteiger partial charge on any atom is -0.465 e. The first kappa shape index (κ1) is 24.9. The van der Waals surface area contributed by atoms with Gasteiger partial charge in [-0.05, 0) is 55.7 Å². The SMILES string of the molecule is COC(=O)c1cc(OC(=O)C(CCSC)NC(=O)c2cccc(C)c2)cc(C(=O)OC)c1. The zero-order chi connectivity index (χ0) is 23.7. The molecule has 9 heteroatoms. The van der Waals surface area contributed by atoms with Crippen molar-refractivity contribution in [3.63, 3.8) is 0 Å². The van der Waals surface area contributed by atoms with Crippen LogP contribution in [0.4, 0.5) is 0 Å². The summed E-state index contributed by atoms with van der Waals surface area (Å²) < 4.78 is 14.8. The van der Waals surface area contributed by atoms with E-state index in [4.69, 9.17) is 4.74 Å². The third-order valence-corrected chi connectivity index (χ3v) is 5.09. The molecule has 0 heterocycles. The van der Waals surface area contributed by atoms with Crippen LogP contribution in [0.5, 0.6) is 5.75 Å². The molecule has 32 heavy (non-hydrogen) atoms. The van der Waals surface area contributed by atoms with Gasteiger partial charge in [-0.2, -0.15) is 11.8 Å². The van der Waals surface area contributed by atoms with Crippen molar-refractivity contribution in [1.82, 2.24) is 5.32 Å². The van der Waals surface area contributed by atoms with Crippen LogP contribution < -0.4 is 10.1 Å². The molecule has 1 atom stereocenters. The molecule has 0 aliphatic carbocycles. The number of rotatable bonds is 9. The molecule has 170 valence electrons. The van der Waals surface area contributed by atoms with E-state index >= 15 is 0 Å². The second-order valence-corrected chi connectivity index (χ2v) is 7.81. The van der Waals surface area contributed by atoms with Gasteiger partial charge in [-0.1, -0.05) is 17.7 Å². The predicted molar refractivity (Wildman–Crippen MR) is 120 cm³/mol. The summed E-state index contributed by atoms with van der Waals surface area (Å²) in [6.07, 6.45) is 2.21. The number of amides is 1. The van der Waals surface area contributed by atoms with Gasteiger partial charge in [0.15, 0.2) is 0 Å². The second kappa shape index (κ2) is 11.9. The average molecular weight is 460 g/mol. The summed E-state index contributed by atoms with van der Waals surface area (Å²) in [6.45, 7) is 1.86. The minimum absolute atomic E-state index is 0.0164. The van der Waals surface area contributed by atoms with E-state index in [2.05, 4.69) is 14.8 Å². The predicted octanol–water partition coefficient (Wildman–Crippen LogP) is 3.03. The Bertz CT molecular complexity index is 971. The van der Waals surface area contributed by atoms with Gasteiger partial charge in [-0.15, -0.1) is 0 Å². The highest BCUT2D eigenvalue weighted by Crippen LogP contribution is 2.20. The lowest BCUT2D eigenvalue weighted by atomic mass is 10.1. The first-order valence-corrected chi connectivity index (χ1v) is 11.1. The molecule has 0 aromatic heterocycles. The Morgan fingerprint density at radius 1 is 0.938 bits per heavy atom. The van der Waals surface area contributed by atoms with Crippen LogP contribution >= 0.6 is 11.8 Å². The van der Waals surface area contributed by atoms with E-state index in [9.17, 15) is 19.2 Å². The Morgan fingerprint density at radius 3 is 2.09 bits per heavy atom. The minimum atomic E-state index is -0.932. The van der Waals surface area contributed by atoms with Gasteiger partial charge in [0.05, 0.1) is 25.3 Å². The first-order valence-electron chi connectivity index (χ1n) is 9.69. The largest absolute Gasteiger partial charge is 0.465 e. The number of hydrogen-bond acceptors (Lipinski definition) is 8. The lowest BCUT2D eigenvalue weighted by Gasteiger charge is -2.18. The number of benzene rings is 2. The summed E-state index contributed by atoms with van der Waals surface area (Å²) in [5.74, 6) is -1.99. The smallest absolute Gasteiger partial charge is 0.338 e. The highest BCUT2D eigenvalue weighted by atomic mass is 32.2. The van der Waals surface area contributed by atoms with Crippen molar-refractivity contribution in [2.45, 2.75) is 19.4 Å². The van der Waals surface area contributed by atoms with E-state index in [0.29, 0.717) is 17.7 Å². The number of thioether (sulfide) groups is 1. The molecule has 0 saturated heterocycles. The average Bonchev–Trinajstić information content (AvgIpc) is 2.80. The van der Waals surface area contributed by atoms with Crippen LogP contribution in [-0.2, 0) is 14.3 Å². The summed E-state index contributed by atoms with van der Waals surface area (Å²) in [7, 11) is 2.39. The van der Waals surface area contributed by atoms with Crippen LogP contribution in [0.1, 0.15) is 43.1 Å². The van der Waals surface area contributed by atoms with Crippen LogP contribution in [0, 0.1) is 6.92 Å². The monoisotopic (exact) mass is 459 g/mol. The zero-order valence-corrected chi connectivity index (χ0v) is 19.1. The molecule has 2 aromatic carbocycles. The molecule has 8 nitrogen and oxygen atoms in total. The normalized spacial score (nSPS) is 11.2. The van der Waals surface area contributed by atoms with Crippen LogP contribution in [0.25, 0.3) is 0 Å². The van der Waals surface area contributed by atoms with Gasteiger partial charge in [0.25, 0.3) is 5.91 Å². The van der Waals surface area contributed by atoms with Crippen LogP contribution in [-0.4, -0.2) is 56.1 Å². The molecular weight excluding hydrogens is 434 g/mol. The van der Waals surface area contributed by atoms with E-state index in [1.807, 2.05) is 19.2 Å². The molecule has 1 unspecified atom stereocenters. The molecule has 2 aromatic rings. The Morgan fingerprint density at radius 2 is 1.56 bits per heavy atom. The molecule has 1 N–H and O–H groups in total. The Kier molecular flexibility index (Phi) is 9.27. The summed E-state index contributed by atoms with van der Waals surface area (Å²) in [5.41, 5.74) is 1.37. The lowest BCUT2D eigenvalue weighted by molar-refractivity contribution is -0.136. The summed E-state index contributed by atoms with van der Waals surface area (Å²) in [5, 5.41) is 2.70. The number of hydrogen-bond donors (Lipinski definition) is 1. The van der Waals surface area contributed by atoms with Crippen molar-refractivity contribution < 1.29 is 33.4 Å².